The predicted octanol–water partition coefficient (Wildman–Crippen LogP) is 14.1. The van der Waals surface area contributed by atoms with Gasteiger partial charge in [-0.1, -0.05) is 178 Å². The molecular formula is C55H41N3O. The van der Waals surface area contributed by atoms with Crippen LogP contribution in [0, 0.1) is 0 Å². The third-order valence-corrected chi connectivity index (χ3v) is 12.4. The molecule has 0 N–H and O–H groups in total. The molecule has 4 nitrogen and oxygen atoms in total. The van der Waals surface area contributed by atoms with Crippen molar-refractivity contribution < 1.29 is 4.42 Å². The lowest BCUT2D eigenvalue weighted by molar-refractivity contribution is 0.510. The predicted molar refractivity (Wildman–Crippen MR) is 242 cm³/mol. The van der Waals surface area contributed by atoms with Gasteiger partial charge in [-0.15, -0.1) is 0 Å². The average Bonchev–Trinajstić information content (AvgIpc) is 3.71. The van der Waals surface area contributed by atoms with Crippen molar-refractivity contribution in [2.75, 3.05) is 0 Å². The topological polar surface area (TPSA) is 51.8 Å². The summed E-state index contributed by atoms with van der Waals surface area (Å²) in [5.74, 6) is 4.15. The van der Waals surface area contributed by atoms with Crippen LogP contribution >= 0.6 is 0 Å². The third kappa shape index (κ3) is 6.03. The Morgan fingerprint density at radius 3 is 1.85 bits per heavy atom. The molecule has 2 aliphatic rings. The summed E-state index contributed by atoms with van der Waals surface area (Å²) in [6, 6.07) is 57.9. The highest BCUT2D eigenvalue weighted by atomic mass is 16.3. The van der Waals surface area contributed by atoms with Crippen LogP contribution in [-0.2, 0) is 5.41 Å². The highest BCUT2D eigenvalue weighted by Crippen LogP contribution is 2.53. The van der Waals surface area contributed by atoms with Gasteiger partial charge >= 0.3 is 0 Å². The third-order valence-electron chi connectivity index (χ3n) is 12.4. The van der Waals surface area contributed by atoms with E-state index in [0.717, 1.165) is 52.0 Å². The van der Waals surface area contributed by atoms with Crippen molar-refractivity contribution in [2.45, 2.75) is 38.0 Å². The van der Waals surface area contributed by atoms with Gasteiger partial charge in [-0.3, -0.25) is 0 Å². The van der Waals surface area contributed by atoms with Gasteiger partial charge in [0.05, 0.1) is 0 Å². The zero-order chi connectivity index (χ0) is 39.5. The lowest BCUT2D eigenvalue weighted by Gasteiger charge is -2.35. The molecule has 0 saturated heterocycles. The van der Waals surface area contributed by atoms with Gasteiger partial charge in [-0.05, 0) is 80.8 Å². The number of rotatable bonds is 6. The normalized spacial score (nSPS) is 17.1. The molecule has 2 aliphatic carbocycles. The van der Waals surface area contributed by atoms with E-state index in [1.165, 1.54) is 49.5 Å². The molecule has 2 unspecified atom stereocenters. The Hall–Kier alpha value is -7.17. The molecule has 59 heavy (non-hydrogen) atoms. The van der Waals surface area contributed by atoms with Gasteiger partial charge in [0.1, 0.15) is 11.5 Å². The van der Waals surface area contributed by atoms with E-state index in [1.807, 2.05) is 6.07 Å². The molecule has 0 spiro atoms. The number of benzene rings is 7. The molecule has 0 amide bonds. The molecule has 0 fully saturated rings. The Morgan fingerprint density at radius 2 is 1.10 bits per heavy atom. The van der Waals surface area contributed by atoms with Crippen molar-refractivity contribution in [3.63, 3.8) is 0 Å². The van der Waals surface area contributed by atoms with E-state index in [1.54, 1.807) is 0 Å². The first-order valence-corrected chi connectivity index (χ1v) is 20.5. The monoisotopic (exact) mass is 759 g/mol. The van der Waals surface area contributed by atoms with Crippen LogP contribution in [0.2, 0.25) is 0 Å². The summed E-state index contributed by atoms with van der Waals surface area (Å²) in [5, 5.41) is 4.79. The standard InChI is InChI=1S/C55H41N3O/c1-35-22-31-45(43-29-25-37-15-6-8-17-41(37)33-43)51-49(35)50-48(59-51)21-12-32-55(50,2)47-20-11-10-19-46(47)54-57-52(40-27-23-39(24-28-40)36-13-4-3-5-14-36)56-53(58-54)44-30-26-38-16-7-9-18-42(38)34-44/h3-21,23-31,33-35H,22,32H2,1-2H3. The van der Waals surface area contributed by atoms with Gasteiger partial charge in [0.15, 0.2) is 17.5 Å². The van der Waals surface area contributed by atoms with E-state index in [9.17, 15) is 0 Å². The van der Waals surface area contributed by atoms with Crippen LogP contribution in [-0.4, -0.2) is 15.0 Å². The van der Waals surface area contributed by atoms with Gasteiger partial charge in [-0.2, -0.15) is 0 Å². The van der Waals surface area contributed by atoms with Gasteiger partial charge in [0.2, 0.25) is 0 Å². The van der Waals surface area contributed by atoms with Gasteiger partial charge in [0.25, 0.3) is 0 Å². The zero-order valence-corrected chi connectivity index (χ0v) is 33.1. The lowest BCUT2D eigenvalue weighted by atomic mass is 9.66. The van der Waals surface area contributed by atoms with Crippen LogP contribution in [0.25, 0.3) is 78.5 Å². The van der Waals surface area contributed by atoms with Crippen LogP contribution in [0.4, 0.5) is 0 Å². The van der Waals surface area contributed by atoms with Crippen molar-refractivity contribution in [1.29, 1.82) is 0 Å². The maximum atomic E-state index is 6.97. The number of hydrogen-bond donors (Lipinski definition) is 0. The summed E-state index contributed by atoms with van der Waals surface area (Å²) in [6.45, 7) is 4.71. The molecule has 7 aromatic carbocycles. The van der Waals surface area contributed by atoms with Crippen molar-refractivity contribution in [1.82, 2.24) is 15.0 Å². The number of fused-ring (bicyclic) bond motifs is 5. The fraction of sp³-hybridized carbons (Fsp3) is 0.109. The minimum absolute atomic E-state index is 0.293. The number of nitrogens with zero attached hydrogens (tertiary/aromatic N) is 3. The summed E-state index contributed by atoms with van der Waals surface area (Å²) in [5.41, 5.74) is 10.9. The number of aromatic nitrogens is 3. The van der Waals surface area contributed by atoms with Crippen molar-refractivity contribution in [3.05, 3.63) is 210 Å². The zero-order valence-electron chi connectivity index (χ0n) is 33.1. The summed E-state index contributed by atoms with van der Waals surface area (Å²) in [4.78, 5) is 15.8. The lowest BCUT2D eigenvalue weighted by Crippen LogP contribution is -2.28. The smallest absolute Gasteiger partial charge is 0.164 e. The second-order valence-corrected chi connectivity index (χ2v) is 16.2. The minimum Gasteiger partial charge on any atom is -0.456 e. The molecule has 2 aromatic heterocycles. The van der Waals surface area contributed by atoms with Crippen LogP contribution in [0.1, 0.15) is 66.4 Å². The Balaban J connectivity index is 1.06. The molecule has 0 saturated carbocycles. The molecule has 2 heterocycles. The number of hydrogen-bond acceptors (Lipinski definition) is 4. The number of allylic oxidation sites excluding steroid dienone is 2. The van der Waals surface area contributed by atoms with Crippen molar-refractivity contribution >= 4 is 33.2 Å². The fourth-order valence-corrected chi connectivity index (χ4v) is 9.36. The SMILES string of the molecule is CC1CC=C(c2ccc3ccccc3c2)c2oc3c(c21)C(C)(c1ccccc1-c1nc(-c2ccc(-c4ccccc4)cc2)nc(-c2ccc4ccccc4c2)n1)CC=C3. The largest absolute Gasteiger partial charge is 0.456 e. The summed E-state index contributed by atoms with van der Waals surface area (Å²) >= 11 is 0. The van der Waals surface area contributed by atoms with Crippen LogP contribution in [0.3, 0.4) is 0 Å². The van der Waals surface area contributed by atoms with Crippen LogP contribution in [0.15, 0.2) is 180 Å². The molecule has 0 bridgehead atoms. The molecule has 282 valence electrons. The summed E-state index contributed by atoms with van der Waals surface area (Å²) in [6.07, 6.45) is 8.58. The fourth-order valence-electron chi connectivity index (χ4n) is 9.36. The molecule has 11 rings (SSSR count). The molecule has 4 heteroatoms. The number of furan rings is 1. The van der Waals surface area contributed by atoms with Crippen molar-refractivity contribution in [3.8, 4) is 45.3 Å². The van der Waals surface area contributed by atoms with E-state index in [0.29, 0.717) is 23.4 Å². The summed E-state index contributed by atoms with van der Waals surface area (Å²) in [7, 11) is 0. The maximum Gasteiger partial charge on any atom is 0.164 e. The second kappa shape index (κ2) is 14.0. The van der Waals surface area contributed by atoms with E-state index in [2.05, 4.69) is 190 Å². The van der Waals surface area contributed by atoms with Gasteiger partial charge < -0.3 is 4.42 Å². The van der Waals surface area contributed by atoms with E-state index < -0.39 is 5.41 Å². The quantitative estimate of drug-likeness (QED) is 0.169. The molecule has 0 aliphatic heterocycles. The molecule has 2 atom stereocenters. The van der Waals surface area contributed by atoms with E-state index >= 15 is 0 Å². The average molecular weight is 760 g/mol. The van der Waals surface area contributed by atoms with Crippen LogP contribution in [0.5, 0.6) is 0 Å². The van der Waals surface area contributed by atoms with Crippen LogP contribution < -0.4 is 0 Å². The Kier molecular flexibility index (Phi) is 8.33. The van der Waals surface area contributed by atoms with E-state index in [4.69, 9.17) is 19.4 Å². The molecule has 9 aromatic rings. The summed E-state index contributed by atoms with van der Waals surface area (Å²) < 4.78 is 6.97. The first kappa shape index (κ1) is 35.0. The molecule has 0 radical (unpaired) electrons. The second-order valence-electron chi connectivity index (χ2n) is 16.2. The Bertz CT molecular complexity index is 3140. The maximum absolute atomic E-state index is 6.97. The highest BCUT2D eigenvalue weighted by molar-refractivity contribution is 5.91. The first-order chi connectivity index (χ1) is 29.0. The molecular weight excluding hydrogens is 719 g/mol. The minimum atomic E-state index is -0.412. The first-order valence-electron chi connectivity index (χ1n) is 20.5. The highest BCUT2D eigenvalue weighted by Gasteiger charge is 2.42. The van der Waals surface area contributed by atoms with Gasteiger partial charge in [-0.25, -0.2) is 15.0 Å². The Labute approximate surface area is 344 Å². The van der Waals surface area contributed by atoms with Crippen molar-refractivity contribution in [2.24, 2.45) is 0 Å². The Morgan fingerprint density at radius 1 is 0.542 bits per heavy atom. The van der Waals surface area contributed by atoms with Gasteiger partial charge in [0, 0.05) is 38.8 Å². The van der Waals surface area contributed by atoms with E-state index in [-0.39, 0.29) is 0 Å².